The molecule has 0 unspecified atom stereocenters. The van der Waals surface area contributed by atoms with E-state index in [1.165, 1.54) is 0 Å². The van der Waals surface area contributed by atoms with Gasteiger partial charge in [0.2, 0.25) is 0 Å². The van der Waals surface area contributed by atoms with Gasteiger partial charge in [-0.25, -0.2) is 13.2 Å². The normalized spacial score (nSPS) is 10.6. The van der Waals surface area contributed by atoms with Crippen molar-refractivity contribution in [2.45, 2.75) is 13.5 Å². The molecule has 0 aliphatic rings. The minimum Gasteiger partial charge on any atom is -0.378 e. The van der Waals surface area contributed by atoms with Crippen LogP contribution in [-0.2, 0) is 6.54 Å². The Labute approximate surface area is 117 Å². The van der Waals surface area contributed by atoms with Gasteiger partial charge in [-0.2, -0.15) is 0 Å². The highest BCUT2D eigenvalue weighted by atomic mass is 79.9. The second-order valence-electron chi connectivity index (χ2n) is 4.19. The highest BCUT2D eigenvalue weighted by Crippen LogP contribution is 2.21. The summed E-state index contributed by atoms with van der Waals surface area (Å²) < 4.78 is 40.4. The number of benzene rings is 2. The Bertz CT molecular complexity index is 614. The van der Waals surface area contributed by atoms with Gasteiger partial charge in [0.05, 0.1) is 5.69 Å². The molecule has 0 heterocycles. The first-order valence-corrected chi connectivity index (χ1v) is 6.40. The van der Waals surface area contributed by atoms with E-state index in [1.54, 1.807) is 0 Å². The summed E-state index contributed by atoms with van der Waals surface area (Å²) in [5.74, 6) is -3.09. The Kier molecular flexibility index (Phi) is 4.14. The van der Waals surface area contributed by atoms with E-state index in [-0.39, 0.29) is 12.2 Å². The van der Waals surface area contributed by atoms with E-state index in [0.717, 1.165) is 21.7 Å². The molecule has 1 nitrogen and oxygen atoms in total. The van der Waals surface area contributed by atoms with Crippen molar-refractivity contribution >= 4 is 21.6 Å². The lowest BCUT2D eigenvalue weighted by atomic mass is 10.1. The van der Waals surface area contributed by atoms with Crippen LogP contribution in [0, 0.1) is 24.4 Å². The van der Waals surface area contributed by atoms with E-state index >= 15 is 0 Å². The van der Waals surface area contributed by atoms with Crippen LogP contribution >= 0.6 is 15.9 Å². The van der Waals surface area contributed by atoms with Crippen molar-refractivity contribution < 1.29 is 13.2 Å². The van der Waals surface area contributed by atoms with Crippen LogP contribution in [0.3, 0.4) is 0 Å². The van der Waals surface area contributed by atoms with Crippen molar-refractivity contribution in [3.05, 3.63) is 63.4 Å². The first-order chi connectivity index (χ1) is 8.97. The van der Waals surface area contributed by atoms with Gasteiger partial charge < -0.3 is 5.32 Å². The largest absolute Gasteiger partial charge is 0.378 e. The second-order valence-corrected chi connectivity index (χ2v) is 5.04. The minimum absolute atomic E-state index is 0.186. The van der Waals surface area contributed by atoms with E-state index in [1.807, 2.05) is 25.1 Å². The van der Waals surface area contributed by atoms with Crippen LogP contribution in [0.5, 0.6) is 0 Å². The zero-order valence-corrected chi connectivity index (χ0v) is 11.7. The summed E-state index contributed by atoms with van der Waals surface area (Å²) in [6, 6.07) is 7.09. The molecule has 0 aliphatic heterocycles. The standard InChI is InChI=1S/C14H11BrF3N/c1-8-2-3-9(4-11(8)15)7-19-13-6-10(16)5-12(17)14(13)18/h2-6,19H,7H2,1H3. The molecule has 0 spiro atoms. The number of hydrogen-bond acceptors (Lipinski definition) is 1. The third-order valence-corrected chi connectivity index (χ3v) is 3.57. The van der Waals surface area contributed by atoms with Crippen LogP contribution in [0.2, 0.25) is 0 Å². The van der Waals surface area contributed by atoms with Crippen molar-refractivity contribution in [1.82, 2.24) is 0 Å². The number of anilines is 1. The fourth-order valence-electron chi connectivity index (χ4n) is 1.63. The maximum Gasteiger partial charge on any atom is 0.182 e. The van der Waals surface area contributed by atoms with Gasteiger partial charge >= 0.3 is 0 Å². The van der Waals surface area contributed by atoms with E-state index in [2.05, 4.69) is 21.2 Å². The lowest BCUT2D eigenvalue weighted by molar-refractivity contribution is 0.497. The van der Waals surface area contributed by atoms with Gasteiger partial charge in [0.25, 0.3) is 0 Å². The molecule has 0 fully saturated rings. The summed E-state index contributed by atoms with van der Waals surface area (Å²) in [6.07, 6.45) is 0. The van der Waals surface area contributed by atoms with Gasteiger partial charge in [0.15, 0.2) is 11.6 Å². The Balaban J connectivity index is 2.16. The molecular formula is C14H11BrF3N. The quantitative estimate of drug-likeness (QED) is 0.798. The van der Waals surface area contributed by atoms with Gasteiger partial charge in [0, 0.05) is 23.2 Å². The highest BCUT2D eigenvalue weighted by Gasteiger charge is 2.10. The molecule has 1 N–H and O–H groups in total. The lowest BCUT2D eigenvalue weighted by Crippen LogP contribution is -2.03. The van der Waals surface area contributed by atoms with E-state index in [0.29, 0.717) is 6.07 Å². The number of hydrogen-bond donors (Lipinski definition) is 1. The van der Waals surface area contributed by atoms with Crippen LogP contribution in [0.25, 0.3) is 0 Å². The first-order valence-electron chi connectivity index (χ1n) is 5.61. The molecule has 0 bridgehead atoms. The molecule has 0 radical (unpaired) electrons. The number of aryl methyl sites for hydroxylation is 1. The van der Waals surface area contributed by atoms with E-state index in [4.69, 9.17) is 0 Å². The van der Waals surface area contributed by atoms with Crippen molar-refractivity contribution in [3.8, 4) is 0 Å². The summed E-state index contributed by atoms with van der Waals surface area (Å²) in [7, 11) is 0. The zero-order chi connectivity index (χ0) is 14.0. The molecular weight excluding hydrogens is 319 g/mol. The fourth-order valence-corrected chi connectivity index (χ4v) is 2.05. The van der Waals surface area contributed by atoms with Crippen molar-refractivity contribution in [1.29, 1.82) is 0 Å². The smallest absolute Gasteiger partial charge is 0.182 e. The third-order valence-electron chi connectivity index (χ3n) is 2.71. The predicted octanol–water partition coefficient (Wildman–Crippen LogP) is 4.79. The lowest BCUT2D eigenvalue weighted by Gasteiger charge is -2.09. The molecule has 0 aromatic heterocycles. The van der Waals surface area contributed by atoms with E-state index < -0.39 is 17.5 Å². The van der Waals surface area contributed by atoms with Crippen LogP contribution < -0.4 is 5.32 Å². The molecule has 0 saturated carbocycles. The molecule has 2 rings (SSSR count). The molecule has 0 saturated heterocycles. The van der Waals surface area contributed by atoms with Gasteiger partial charge in [0.1, 0.15) is 5.82 Å². The van der Waals surface area contributed by atoms with Gasteiger partial charge in [-0.15, -0.1) is 0 Å². The van der Waals surface area contributed by atoms with Gasteiger partial charge in [-0.1, -0.05) is 28.1 Å². The maximum atomic E-state index is 13.4. The molecule has 5 heteroatoms. The van der Waals surface area contributed by atoms with Crippen LogP contribution in [0.1, 0.15) is 11.1 Å². The van der Waals surface area contributed by atoms with Gasteiger partial charge in [-0.3, -0.25) is 0 Å². The Hall–Kier alpha value is -1.49. The number of rotatable bonds is 3. The zero-order valence-electron chi connectivity index (χ0n) is 10.1. The first kappa shape index (κ1) is 13.9. The minimum atomic E-state index is -1.20. The molecule has 0 aliphatic carbocycles. The highest BCUT2D eigenvalue weighted by molar-refractivity contribution is 9.10. The van der Waals surface area contributed by atoms with Crippen LogP contribution in [0.15, 0.2) is 34.8 Å². The van der Waals surface area contributed by atoms with Crippen molar-refractivity contribution in [2.75, 3.05) is 5.32 Å². The Morgan fingerprint density at radius 2 is 1.84 bits per heavy atom. The Morgan fingerprint density at radius 1 is 1.11 bits per heavy atom. The summed E-state index contributed by atoms with van der Waals surface area (Å²) in [5.41, 5.74) is 1.77. The summed E-state index contributed by atoms with van der Waals surface area (Å²) in [5, 5.41) is 2.68. The van der Waals surface area contributed by atoms with Crippen molar-refractivity contribution in [3.63, 3.8) is 0 Å². The number of nitrogens with one attached hydrogen (secondary N) is 1. The molecule has 0 atom stereocenters. The monoisotopic (exact) mass is 329 g/mol. The summed E-state index contributed by atoms with van der Waals surface area (Å²) >= 11 is 3.39. The average molecular weight is 330 g/mol. The molecule has 100 valence electrons. The second kappa shape index (κ2) is 5.65. The fraction of sp³-hybridized carbons (Fsp3) is 0.143. The van der Waals surface area contributed by atoms with Gasteiger partial charge in [-0.05, 0) is 24.1 Å². The third kappa shape index (κ3) is 3.29. The molecule has 2 aromatic rings. The summed E-state index contributed by atoms with van der Waals surface area (Å²) in [4.78, 5) is 0. The topological polar surface area (TPSA) is 12.0 Å². The van der Waals surface area contributed by atoms with Crippen molar-refractivity contribution in [2.24, 2.45) is 0 Å². The Morgan fingerprint density at radius 3 is 2.53 bits per heavy atom. The predicted molar refractivity (Wildman–Crippen MR) is 72.5 cm³/mol. The average Bonchev–Trinajstić information content (AvgIpc) is 2.36. The summed E-state index contributed by atoms with van der Waals surface area (Å²) in [6.45, 7) is 2.22. The number of halogens is 4. The maximum absolute atomic E-state index is 13.4. The molecule has 19 heavy (non-hydrogen) atoms. The van der Waals surface area contributed by atoms with Crippen LogP contribution in [0.4, 0.5) is 18.9 Å². The van der Waals surface area contributed by atoms with E-state index in [9.17, 15) is 13.2 Å². The van der Waals surface area contributed by atoms with Crippen LogP contribution in [-0.4, -0.2) is 0 Å². The molecule has 0 amide bonds. The SMILES string of the molecule is Cc1ccc(CNc2cc(F)cc(F)c2F)cc1Br. The molecule has 2 aromatic carbocycles.